The number of benzene rings is 1. The van der Waals surface area contributed by atoms with Gasteiger partial charge in [0.2, 0.25) is 0 Å². The standard InChI is InChI=1S/C19H24F2N4OS.ClH/c20-13-6-12-15(7-16(13)23-8-11-2-1-3-11)24-18(25-19(12)26)10-27-17-4-5-22-9-14(17)21;/h6-7,11,14,17,22-23H,1-5,8-10H2,(H,24,25,26);1H/t14-,17+;/m1./s1. The van der Waals surface area contributed by atoms with Gasteiger partial charge in [-0.1, -0.05) is 6.42 Å². The Kier molecular flexibility index (Phi) is 7.17. The van der Waals surface area contributed by atoms with Crippen LogP contribution in [0, 0.1) is 11.7 Å². The third-order valence-electron chi connectivity index (χ3n) is 5.43. The maximum atomic E-state index is 14.3. The summed E-state index contributed by atoms with van der Waals surface area (Å²) in [6, 6.07) is 2.85. The number of hydrogen-bond acceptors (Lipinski definition) is 5. The molecule has 0 spiro atoms. The van der Waals surface area contributed by atoms with Gasteiger partial charge in [0.1, 0.15) is 17.8 Å². The quantitative estimate of drug-likeness (QED) is 0.652. The van der Waals surface area contributed by atoms with E-state index in [-0.39, 0.29) is 28.6 Å². The van der Waals surface area contributed by atoms with E-state index >= 15 is 0 Å². The molecular weight excluding hydrogens is 406 g/mol. The Morgan fingerprint density at radius 2 is 2.11 bits per heavy atom. The number of H-pyrrole nitrogens is 1. The maximum Gasteiger partial charge on any atom is 0.258 e. The molecule has 0 amide bonds. The van der Waals surface area contributed by atoms with Gasteiger partial charge < -0.3 is 15.6 Å². The Morgan fingerprint density at radius 3 is 2.82 bits per heavy atom. The van der Waals surface area contributed by atoms with E-state index in [0.717, 1.165) is 19.5 Å². The highest BCUT2D eigenvalue weighted by atomic mass is 35.5. The molecule has 1 aliphatic carbocycles. The van der Waals surface area contributed by atoms with Crippen molar-refractivity contribution in [1.82, 2.24) is 15.3 Å². The van der Waals surface area contributed by atoms with E-state index in [2.05, 4.69) is 20.6 Å². The lowest BCUT2D eigenvalue weighted by molar-refractivity contribution is 0.275. The van der Waals surface area contributed by atoms with Gasteiger partial charge in [-0.15, -0.1) is 24.2 Å². The molecule has 2 aliphatic rings. The van der Waals surface area contributed by atoms with Gasteiger partial charge >= 0.3 is 0 Å². The average molecular weight is 431 g/mol. The van der Waals surface area contributed by atoms with Gasteiger partial charge in [0, 0.05) is 18.3 Å². The highest BCUT2D eigenvalue weighted by molar-refractivity contribution is 7.99. The van der Waals surface area contributed by atoms with Crippen molar-refractivity contribution < 1.29 is 8.78 Å². The highest BCUT2D eigenvalue weighted by Crippen LogP contribution is 2.28. The van der Waals surface area contributed by atoms with Crippen LogP contribution in [0.5, 0.6) is 0 Å². The summed E-state index contributed by atoms with van der Waals surface area (Å²) < 4.78 is 28.3. The smallest absolute Gasteiger partial charge is 0.258 e. The number of nitrogens with zero attached hydrogens (tertiary/aromatic N) is 1. The van der Waals surface area contributed by atoms with Gasteiger partial charge in [0.25, 0.3) is 5.56 Å². The van der Waals surface area contributed by atoms with Crippen LogP contribution < -0.4 is 16.2 Å². The topological polar surface area (TPSA) is 69.8 Å². The molecule has 0 radical (unpaired) electrons. The molecule has 1 aliphatic heterocycles. The molecule has 1 aromatic heterocycles. The van der Waals surface area contributed by atoms with E-state index in [9.17, 15) is 13.6 Å². The number of anilines is 1. The predicted molar refractivity (Wildman–Crippen MR) is 113 cm³/mol. The van der Waals surface area contributed by atoms with Gasteiger partial charge in [-0.05, 0) is 43.9 Å². The summed E-state index contributed by atoms with van der Waals surface area (Å²) >= 11 is 1.47. The number of rotatable bonds is 6. The average Bonchev–Trinajstić information content (AvgIpc) is 2.61. The van der Waals surface area contributed by atoms with Gasteiger partial charge in [-0.2, -0.15) is 0 Å². The molecule has 2 aromatic rings. The molecule has 1 saturated heterocycles. The lowest BCUT2D eigenvalue weighted by Crippen LogP contribution is -2.39. The summed E-state index contributed by atoms with van der Waals surface area (Å²) in [5, 5.41) is 6.32. The number of alkyl halides is 1. The van der Waals surface area contributed by atoms with Crippen molar-refractivity contribution in [1.29, 1.82) is 0 Å². The van der Waals surface area contributed by atoms with Crippen LogP contribution in [0.3, 0.4) is 0 Å². The SMILES string of the molecule is Cl.O=c1[nH]c(CS[C@H]2CCNC[C@H]2F)nc2cc(NCC3CCC3)c(F)cc12. The number of thioether (sulfide) groups is 1. The van der Waals surface area contributed by atoms with Crippen molar-refractivity contribution in [2.75, 3.05) is 25.0 Å². The highest BCUT2D eigenvalue weighted by Gasteiger charge is 2.25. The molecule has 1 aromatic carbocycles. The monoisotopic (exact) mass is 430 g/mol. The zero-order valence-electron chi connectivity index (χ0n) is 15.5. The van der Waals surface area contributed by atoms with Crippen LogP contribution in [0.4, 0.5) is 14.5 Å². The van der Waals surface area contributed by atoms with E-state index in [0.29, 0.717) is 35.2 Å². The third-order valence-corrected chi connectivity index (χ3v) is 6.83. The van der Waals surface area contributed by atoms with Crippen LogP contribution in [-0.2, 0) is 5.75 Å². The minimum Gasteiger partial charge on any atom is -0.382 e. The van der Waals surface area contributed by atoms with Crippen LogP contribution in [0.1, 0.15) is 31.5 Å². The van der Waals surface area contributed by atoms with Crippen molar-refractivity contribution in [2.45, 2.75) is 42.9 Å². The van der Waals surface area contributed by atoms with Crippen molar-refractivity contribution in [3.05, 3.63) is 34.1 Å². The van der Waals surface area contributed by atoms with Crippen LogP contribution >= 0.6 is 24.2 Å². The molecule has 9 heteroatoms. The van der Waals surface area contributed by atoms with Crippen molar-refractivity contribution in [3.63, 3.8) is 0 Å². The van der Waals surface area contributed by atoms with E-state index in [1.807, 2.05) is 0 Å². The Bertz CT molecular complexity index is 877. The summed E-state index contributed by atoms with van der Waals surface area (Å²) in [6.45, 7) is 1.91. The first-order valence-corrected chi connectivity index (χ1v) is 10.6. The Labute approximate surface area is 172 Å². The Balaban J connectivity index is 0.00000225. The van der Waals surface area contributed by atoms with Gasteiger partial charge in [-0.3, -0.25) is 4.79 Å². The first-order chi connectivity index (χ1) is 13.1. The fourth-order valence-corrected chi connectivity index (χ4v) is 4.63. The zero-order valence-corrected chi connectivity index (χ0v) is 17.1. The molecule has 5 nitrogen and oxygen atoms in total. The molecule has 154 valence electrons. The lowest BCUT2D eigenvalue weighted by atomic mass is 9.85. The largest absolute Gasteiger partial charge is 0.382 e. The minimum absolute atomic E-state index is 0. The number of piperidine rings is 1. The minimum atomic E-state index is -0.896. The van der Waals surface area contributed by atoms with E-state index in [1.165, 1.54) is 37.1 Å². The second kappa shape index (κ2) is 9.41. The summed E-state index contributed by atoms with van der Waals surface area (Å²) in [5.41, 5.74) is 0.490. The van der Waals surface area contributed by atoms with Crippen LogP contribution in [-0.4, -0.2) is 41.0 Å². The molecule has 1 saturated carbocycles. The van der Waals surface area contributed by atoms with E-state index in [4.69, 9.17) is 0 Å². The summed E-state index contributed by atoms with van der Waals surface area (Å²) in [6.07, 6.45) is 3.44. The van der Waals surface area contributed by atoms with Gasteiger partial charge in [0.05, 0.1) is 22.3 Å². The lowest BCUT2D eigenvalue weighted by Gasteiger charge is -2.26. The molecule has 2 atom stereocenters. The number of aromatic nitrogens is 2. The Hall–Kier alpha value is -1.38. The van der Waals surface area contributed by atoms with Crippen molar-refractivity contribution >= 4 is 40.8 Å². The van der Waals surface area contributed by atoms with Crippen LogP contribution in [0.25, 0.3) is 10.9 Å². The first-order valence-electron chi connectivity index (χ1n) is 9.53. The van der Waals surface area contributed by atoms with E-state index < -0.39 is 12.0 Å². The number of halogens is 3. The fraction of sp³-hybridized carbons (Fsp3) is 0.579. The van der Waals surface area contributed by atoms with Crippen LogP contribution in [0.15, 0.2) is 16.9 Å². The zero-order chi connectivity index (χ0) is 18.8. The van der Waals surface area contributed by atoms with Crippen molar-refractivity contribution in [2.24, 2.45) is 5.92 Å². The number of fused-ring (bicyclic) bond motifs is 1. The second-order valence-corrected chi connectivity index (χ2v) is 8.63. The molecule has 28 heavy (non-hydrogen) atoms. The van der Waals surface area contributed by atoms with Crippen molar-refractivity contribution in [3.8, 4) is 0 Å². The fourth-order valence-electron chi connectivity index (χ4n) is 3.53. The van der Waals surface area contributed by atoms with E-state index in [1.54, 1.807) is 6.07 Å². The normalized spacial score (nSPS) is 22.5. The number of hydrogen-bond donors (Lipinski definition) is 3. The molecule has 3 N–H and O–H groups in total. The molecular formula is C19H25ClF2N4OS. The number of aromatic amines is 1. The maximum absolute atomic E-state index is 14.3. The second-order valence-electron chi connectivity index (χ2n) is 7.40. The summed E-state index contributed by atoms with van der Waals surface area (Å²) in [4.78, 5) is 19.5. The number of nitrogens with one attached hydrogen (secondary N) is 3. The third kappa shape index (κ3) is 4.78. The molecule has 4 rings (SSSR count). The van der Waals surface area contributed by atoms with Crippen LogP contribution in [0.2, 0.25) is 0 Å². The first kappa shape index (κ1) is 21.3. The molecule has 0 bridgehead atoms. The summed E-state index contributed by atoms with van der Waals surface area (Å²) in [5.74, 6) is 1.09. The predicted octanol–water partition coefficient (Wildman–Crippen LogP) is 3.63. The van der Waals surface area contributed by atoms with Gasteiger partial charge in [0.15, 0.2) is 0 Å². The molecule has 2 fully saturated rings. The molecule has 0 unspecified atom stereocenters. The Morgan fingerprint density at radius 1 is 1.29 bits per heavy atom. The summed E-state index contributed by atoms with van der Waals surface area (Å²) in [7, 11) is 0. The molecule has 2 heterocycles. The van der Waals surface area contributed by atoms with Gasteiger partial charge in [-0.25, -0.2) is 13.8 Å².